The Balaban J connectivity index is 2.11. The average molecular weight is 345 g/mol. The van der Waals surface area contributed by atoms with Crippen LogP contribution in [0.1, 0.15) is 12.8 Å². The molecule has 0 spiro atoms. The topological polar surface area (TPSA) is 58.6 Å². The predicted molar refractivity (Wildman–Crippen MR) is 74.9 cm³/mol. The molecule has 1 saturated heterocycles. The number of amides is 2. The molecule has 108 valence electrons. The summed E-state index contributed by atoms with van der Waals surface area (Å²) in [6, 6.07) is 3.65. The lowest BCUT2D eigenvalue weighted by Gasteiger charge is -2.22. The fraction of sp³-hybridized carbons (Fsp3) is 0.385. The monoisotopic (exact) mass is 344 g/mol. The highest BCUT2D eigenvalue weighted by molar-refractivity contribution is 9.10. The van der Waals surface area contributed by atoms with Gasteiger partial charge < -0.3 is 10.1 Å². The van der Waals surface area contributed by atoms with Gasteiger partial charge in [-0.1, -0.05) is 15.9 Å². The average Bonchev–Trinajstić information content (AvgIpc) is 2.91. The van der Waals surface area contributed by atoms with E-state index < -0.39 is 23.9 Å². The zero-order chi connectivity index (χ0) is 14.7. The van der Waals surface area contributed by atoms with Crippen molar-refractivity contribution < 1.29 is 18.7 Å². The number of carbonyl (C=O) groups excluding carboxylic acids is 2. The van der Waals surface area contributed by atoms with Gasteiger partial charge in [0.15, 0.2) is 0 Å². The molecule has 0 aromatic heterocycles. The third kappa shape index (κ3) is 3.09. The summed E-state index contributed by atoms with van der Waals surface area (Å²) in [6.07, 6.45) is 0.711. The molecule has 1 aliphatic rings. The van der Waals surface area contributed by atoms with E-state index in [1.54, 1.807) is 6.07 Å². The van der Waals surface area contributed by atoms with Gasteiger partial charge in [0, 0.05) is 11.0 Å². The molecule has 1 fully saturated rings. The van der Waals surface area contributed by atoms with Crippen molar-refractivity contribution in [3.05, 3.63) is 28.5 Å². The zero-order valence-electron chi connectivity index (χ0n) is 10.9. The molecule has 0 aliphatic carbocycles. The Kier molecular flexibility index (Phi) is 4.59. The van der Waals surface area contributed by atoms with Crippen LogP contribution in [0.25, 0.3) is 0 Å². The van der Waals surface area contributed by atoms with E-state index in [1.165, 1.54) is 24.1 Å². The fourth-order valence-electron chi connectivity index (χ4n) is 2.18. The van der Waals surface area contributed by atoms with Gasteiger partial charge in [0.2, 0.25) is 5.91 Å². The lowest BCUT2D eigenvalue weighted by molar-refractivity contribution is -0.120. The van der Waals surface area contributed by atoms with Gasteiger partial charge in [0.25, 0.3) is 0 Å². The van der Waals surface area contributed by atoms with Gasteiger partial charge in [-0.05, 0) is 31.0 Å². The molecule has 0 saturated carbocycles. The summed E-state index contributed by atoms with van der Waals surface area (Å²) in [7, 11) is 1.27. The van der Waals surface area contributed by atoms with Crippen LogP contribution in [0.4, 0.5) is 14.9 Å². The van der Waals surface area contributed by atoms with E-state index in [2.05, 4.69) is 26.0 Å². The number of likely N-dealkylation sites (tertiary alicyclic amines) is 1. The Morgan fingerprint density at radius 1 is 1.50 bits per heavy atom. The summed E-state index contributed by atoms with van der Waals surface area (Å²) < 4.78 is 18.9. The van der Waals surface area contributed by atoms with E-state index in [1.807, 2.05) is 0 Å². The van der Waals surface area contributed by atoms with Crippen LogP contribution in [-0.4, -0.2) is 36.6 Å². The predicted octanol–water partition coefficient (Wildman–Crippen LogP) is 2.76. The second-order valence-corrected chi connectivity index (χ2v) is 5.35. The van der Waals surface area contributed by atoms with E-state index in [-0.39, 0.29) is 5.69 Å². The summed E-state index contributed by atoms with van der Waals surface area (Å²) in [5.41, 5.74) is 0.0843. The lowest BCUT2D eigenvalue weighted by Crippen LogP contribution is -2.43. The van der Waals surface area contributed by atoms with Crippen molar-refractivity contribution in [1.82, 2.24) is 4.90 Å². The first-order chi connectivity index (χ1) is 9.52. The van der Waals surface area contributed by atoms with Crippen molar-refractivity contribution in [3.8, 4) is 0 Å². The number of ether oxygens (including phenoxy) is 1. The third-order valence-corrected chi connectivity index (χ3v) is 3.64. The molecule has 1 aromatic rings. The number of nitrogens with one attached hydrogen (secondary N) is 1. The maximum Gasteiger partial charge on any atom is 0.410 e. The molecular weight excluding hydrogens is 331 g/mol. The first kappa shape index (κ1) is 14.8. The number of benzene rings is 1. The number of carbonyl (C=O) groups is 2. The summed E-state index contributed by atoms with van der Waals surface area (Å²) in [4.78, 5) is 25.1. The first-order valence-electron chi connectivity index (χ1n) is 6.13. The molecule has 5 nitrogen and oxygen atoms in total. The molecular formula is C13H14BrFN2O3. The fourth-order valence-corrected chi connectivity index (χ4v) is 2.55. The van der Waals surface area contributed by atoms with Crippen LogP contribution in [-0.2, 0) is 9.53 Å². The third-order valence-electron chi connectivity index (χ3n) is 3.15. The van der Waals surface area contributed by atoms with E-state index in [0.29, 0.717) is 23.9 Å². The molecule has 2 amide bonds. The Bertz CT molecular complexity index is 538. The summed E-state index contributed by atoms with van der Waals surface area (Å²) >= 11 is 3.21. The largest absolute Gasteiger partial charge is 0.453 e. The number of methoxy groups -OCH3 is 1. The summed E-state index contributed by atoms with van der Waals surface area (Å²) in [5, 5.41) is 2.51. The summed E-state index contributed by atoms with van der Waals surface area (Å²) in [6.45, 7) is 0.464. The Labute approximate surface area is 124 Å². The van der Waals surface area contributed by atoms with Gasteiger partial charge in [-0.3, -0.25) is 9.69 Å². The summed E-state index contributed by atoms with van der Waals surface area (Å²) in [5.74, 6) is -0.936. The minimum atomic E-state index is -0.624. The second kappa shape index (κ2) is 6.21. The van der Waals surface area contributed by atoms with Crippen LogP contribution in [0.3, 0.4) is 0 Å². The highest BCUT2D eigenvalue weighted by atomic mass is 79.9. The molecule has 1 aromatic carbocycles. The Morgan fingerprint density at radius 3 is 2.95 bits per heavy atom. The smallest absolute Gasteiger partial charge is 0.410 e. The SMILES string of the molecule is COC(=O)N1CCCC1C(=O)Nc1cc(Br)ccc1F. The van der Waals surface area contributed by atoms with Gasteiger partial charge >= 0.3 is 6.09 Å². The van der Waals surface area contributed by atoms with Crippen molar-refractivity contribution in [2.45, 2.75) is 18.9 Å². The van der Waals surface area contributed by atoms with E-state index in [0.717, 1.165) is 0 Å². The molecule has 20 heavy (non-hydrogen) atoms. The van der Waals surface area contributed by atoms with Crippen molar-refractivity contribution in [3.63, 3.8) is 0 Å². The maximum atomic E-state index is 13.6. The van der Waals surface area contributed by atoms with E-state index >= 15 is 0 Å². The first-order valence-corrected chi connectivity index (χ1v) is 6.92. The van der Waals surface area contributed by atoms with Crippen molar-refractivity contribution >= 4 is 33.6 Å². The van der Waals surface area contributed by atoms with Gasteiger partial charge in [0.1, 0.15) is 11.9 Å². The van der Waals surface area contributed by atoms with Crippen LogP contribution >= 0.6 is 15.9 Å². The highest BCUT2D eigenvalue weighted by Crippen LogP contribution is 2.23. The van der Waals surface area contributed by atoms with E-state index in [4.69, 9.17) is 0 Å². The van der Waals surface area contributed by atoms with Crippen LogP contribution in [0.5, 0.6) is 0 Å². The molecule has 1 unspecified atom stereocenters. The van der Waals surface area contributed by atoms with Crippen LogP contribution in [0.15, 0.2) is 22.7 Å². The minimum absolute atomic E-state index is 0.0843. The Hall–Kier alpha value is -1.63. The maximum absolute atomic E-state index is 13.6. The molecule has 7 heteroatoms. The molecule has 0 bridgehead atoms. The second-order valence-electron chi connectivity index (χ2n) is 4.43. The minimum Gasteiger partial charge on any atom is -0.453 e. The molecule has 1 N–H and O–H groups in total. The van der Waals surface area contributed by atoms with Crippen molar-refractivity contribution in [1.29, 1.82) is 0 Å². The quantitative estimate of drug-likeness (QED) is 0.897. The van der Waals surface area contributed by atoms with Gasteiger partial charge in [-0.2, -0.15) is 0 Å². The molecule has 1 aliphatic heterocycles. The lowest BCUT2D eigenvalue weighted by atomic mass is 10.2. The normalized spacial score (nSPS) is 17.9. The number of hydrogen-bond donors (Lipinski definition) is 1. The van der Waals surface area contributed by atoms with Gasteiger partial charge in [-0.25, -0.2) is 9.18 Å². The molecule has 1 atom stereocenters. The van der Waals surface area contributed by atoms with E-state index in [9.17, 15) is 14.0 Å². The van der Waals surface area contributed by atoms with Crippen LogP contribution < -0.4 is 5.32 Å². The molecule has 0 radical (unpaired) electrons. The van der Waals surface area contributed by atoms with Crippen LogP contribution in [0, 0.1) is 5.82 Å². The number of rotatable bonds is 2. The molecule has 1 heterocycles. The Morgan fingerprint density at radius 2 is 2.25 bits per heavy atom. The number of nitrogens with zero attached hydrogens (tertiary/aromatic N) is 1. The highest BCUT2D eigenvalue weighted by Gasteiger charge is 2.35. The zero-order valence-corrected chi connectivity index (χ0v) is 12.4. The van der Waals surface area contributed by atoms with Crippen LogP contribution in [0.2, 0.25) is 0 Å². The number of hydrogen-bond acceptors (Lipinski definition) is 3. The molecule has 2 rings (SSSR count). The number of halogens is 2. The van der Waals surface area contributed by atoms with Gasteiger partial charge in [0.05, 0.1) is 12.8 Å². The number of anilines is 1. The van der Waals surface area contributed by atoms with Crippen molar-refractivity contribution in [2.75, 3.05) is 19.0 Å². The van der Waals surface area contributed by atoms with Crippen molar-refractivity contribution in [2.24, 2.45) is 0 Å². The van der Waals surface area contributed by atoms with Gasteiger partial charge in [-0.15, -0.1) is 0 Å². The standard InChI is InChI=1S/C13H14BrFN2O3/c1-20-13(19)17-6-2-3-11(17)12(18)16-10-7-8(14)4-5-9(10)15/h4-5,7,11H,2-3,6H2,1H3,(H,16,18).